The van der Waals surface area contributed by atoms with Crippen molar-refractivity contribution in [3.63, 3.8) is 0 Å². The van der Waals surface area contributed by atoms with E-state index in [2.05, 4.69) is 0 Å². The first kappa shape index (κ1) is 17.3. The van der Waals surface area contributed by atoms with E-state index in [4.69, 9.17) is 5.26 Å². The van der Waals surface area contributed by atoms with Crippen LogP contribution in [0.1, 0.15) is 5.56 Å². The Morgan fingerprint density at radius 1 is 1.24 bits per heavy atom. The van der Waals surface area contributed by atoms with Crippen molar-refractivity contribution in [3.05, 3.63) is 39.7 Å². The van der Waals surface area contributed by atoms with Crippen LogP contribution in [-0.4, -0.2) is 49.4 Å². The molecule has 2 aromatic rings. The Balaban J connectivity index is 2.26. The Hall–Kier alpha value is -2.53. The largest absolute Gasteiger partial charge is 0.364 e. The van der Waals surface area contributed by atoms with Gasteiger partial charge < -0.3 is 14.4 Å². The molecule has 5 nitrogen and oxygen atoms in total. The van der Waals surface area contributed by atoms with Crippen LogP contribution >= 0.6 is 0 Å². The molecule has 1 saturated heterocycles. The second kappa shape index (κ2) is 6.76. The number of hydrogen-bond acceptors (Lipinski definition) is 4. The number of piperazine rings is 1. The van der Waals surface area contributed by atoms with Crippen LogP contribution in [0.25, 0.3) is 10.9 Å². The lowest BCUT2D eigenvalue weighted by Gasteiger charge is -2.34. The summed E-state index contributed by atoms with van der Waals surface area (Å²) < 4.78 is 43.8. The van der Waals surface area contributed by atoms with Crippen molar-refractivity contribution in [2.75, 3.05) is 44.8 Å². The van der Waals surface area contributed by atoms with Crippen molar-refractivity contribution in [1.82, 2.24) is 9.47 Å². The van der Waals surface area contributed by atoms with E-state index < -0.39 is 23.7 Å². The molecule has 3 rings (SSSR count). The van der Waals surface area contributed by atoms with Gasteiger partial charge in [-0.1, -0.05) is 0 Å². The molecule has 1 aromatic heterocycles. The summed E-state index contributed by atoms with van der Waals surface area (Å²) in [6.45, 7) is 1.17. The zero-order chi connectivity index (χ0) is 18.1. The molecule has 0 N–H and O–H groups in total. The van der Waals surface area contributed by atoms with Gasteiger partial charge >= 0.3 is 0 Å². The maximum Gasteiger partial charge on any atom is 0.207 e. The Bertz CT molecular complexity index is 911. The Morgan fingerprint density at radius 3 is 2.52 bits per heavy atom. The minimum atomic E-state index is -0.894. The summed E-state index contributed by atoms with van der Waals surface area (Å²) in [5.74, 6) is -1.75. The zero-order valence-electron chi connectivity index (χ0n) is 13.7. The number of halogens is 3. The summed E-state index contributed by atoms with van der Waals surface area (Å²) in [5, 5.41) is 8.79. The molecule has 0 saturated carbocycles. The Morgan fingerprint density at radius 2 is 1.92 bits per heavy atom. The predicted molar refractivity (Wildman–Crippen MR) is 88.5 cm³/mol. The van der Waals surface area contributed by atoms with E-state index in [9.17, 15) is 13.6 Å². The lowest BCUT2D eigenvalue weighted by atomic mass is 10.1. The number of hydrogen-bond donors (Lipinski definition) is 0. The molecule has 1 aliphatic rings. The average Bonchev–Trinajstić information content (AvgIpc) is 2.59. The number of nitrogens with zero attached hydrogens (tertiary/aromatic N) is 4. The molecule has 2 heterocycles. The number of nitriles is 1. The number of rotatable bonds is 3. The first-order valence-electron chi connectivity index (χ1n) is 7.92. The van der Waals surface area contributed by atoms with Crippen LogP contribution in [0, 0.1) is 23.0 Å². The van der Waals surface area contributed by atoms with E-state index in [1.54, 1.807) is 11.0 Å². The van der Waals surface area contributed by atoms with Gasteiger partial charge in [-0.3, -0.25) is 4.79 Å². The van der Waals surface area contributed by atoms with E-state index in [0.717, 1.165) is 12.3 Å². The smallest absolute Gasteiger partial charge is 0.207 e. The SMILES string of the molecule is CN1CCN(c2c(F)cc3c(=O)c(C#N)cn(CCF)c3c2F)CC1. The van der Waals surface area contributed by atoms with Crippen LogP contribution in [0.4, 0.5) is 18.9 Å². The topological polar surface area (TPSA) is 52.3 Å². The number of pyridine rings is 1. The number of alkyl halides is 1. The van der Waals surface area contributed by atoms with Gasteiger partial charge in [0.05, 0.1) is 17.4 Å². The number of likely N-dealkylation sites (N-methyl/N-ethyl adjacent to an activating group) is 1. The highest BCUT2D eigenvalue weighted by Crippen LogP contribution is 2.30. The standard InChI is InChI=1S/C17H17F3N4O/c1-22-4-6-23(7-5-22)16-13(19)8-12-15(14(16)20)24(3-2-18)10-11(9-21)17(12)25/h8,10H,2-7H2,1H3. The Kier molecular flexibility index (Phi) is 4.68. The number of aromatic nitrogens is 1. The van der Waals surface area contributed by atoms with Gasteiger partial charge in [0.1, 0.15) is 29.8 Å². The van der Waals surface area contributed by atoms with Gasteiger partial charge in [0, 0.05) is 32.4 Å². The summed E-state index contributed by atoms with van der Waals surface area (Å²) in [6, 6.07) is 2.64. The van der Waals surface area contributed by atoms with Gasteiger partial charge in [0.2, 0.25) is 5.43 Å². The van der Waals surface area contributed by atoms with Crippen LogP contribution in [0.15, 0.2) is 17.1 Å². The summed E-state index contributed by atoms with van der Waals surface area (Å²) in [4.78, 5) is 15.9. The number of aryl methyl sites for hydroxylation is 1. The lowest BCUT2D eigenvalue weighted by molar-refractivity contribution is 0.310. The maximum absolute atomic E-state index is 15.2. The van der Waals surface area contributed by atoms with Crippen LogP contribution in [0.5, 0.6) is 0 Å². The molecule has 0 atom stereocenters. The van der Waals surface area contributed by atoms with Crippen LogP contribution in [0.2, 0.25) is 0 Å². The van der Waals surface area contributed by atoms with Crippen molar-refractivity contribution in [2.24, 2.45) is 0 Å². The highest BCUT2D eigenvalue weighted by atomic mass is 19.1. The average molecular weight is 350 g/mol. The third kappa shape index (κ3) is 2.96. The number of anilines is 1. The first-order chi connectivity index (χ1) is 12.0. The van der Waals surface area contributed by atoms with Gasteiger partial charge in [-0.15, -0.1) is 0 Å². The molecule has 1 aromatic carbocycles. The molecule has 0 unspecified atom stereocenters. The van der Waals surface area contributed by atoms with Crippen molar-refractivity contribution in [1.29, 1.82) is 5.26 Å². The molecule has 25 heavy (non-hydrogen) atoms. The van der Waals surface area contributed by atoms with Crippen molar-refractivity contribution < 1.29 is 13.2 Å². The van der Waals surface area contributed by atoms with Gasteiger partial charge in [0.15, 0.2) is 5.82 Å². The molecule has 0 bridgehead atoms. The quantitative estimate of drug-likeness (QED) is 0.848. The van der Waals surface area contributed by atoms with Crippen molar-refractivity contribution in [2.45, 2.75) is 6.54 Å². The summed E-state index contributed by atoms with van der Waals surface area (Å²) in [6.07, 6.45) is 1.12. The van der Waals surface area contributed by atoms with E-state index in [1.807, 2.05) is 11.9 Å². The third-order valence-corrected chi connectivity index (χ3v) is 4.49. The number of fused-ring (bicyclic) bond motifs is 1. The fraction of sp³-hybridized carbons (Fsp3) is 0.412. The van der Waals surface area contributed by atoms with Gasteiger partial charge in [-0.25, -0.2) is 13.2 Å². The van der Waals surface area contributed by atoms with Gasteiger partial charge in [-0.2, -0.15) is 5.26 Å². The summed E-state index contributed by atoms with van der Waals surface area (Å²) >= 11 is 0. The van der Waals surface area contributed by atoms with E-state index in [0.29, 0.717) is 26.2 Å². The monoisotopic (exact) mass is 350 g/mol. The fourth-order valence-electron chi connectivity index (χ4n) is 3.14. The molecule has 1 fully saturated rings. The highest BCUT2D eigenvalue weighted by Gasteiger charge is 2.25. The molecular weight excluding hydrogens is 333 g/mol. The lowest BCUT2D eigenvalue weighted by Crippen LogP contribution is -2.45. The molecule has 1 aliphatic heterocycles. The molecule has 132 valence electrons. The molecule has 0 spiro atoms. The first-order valence-corrected chi connectivity index (χ1v) is 7.92. The van der Waals surface area contributed by atoms with Gasteiger partial charge in [-0.05, 0) is 13.1 Å². The van der Waals surface area contributed by atoms with E-state index >= 15 is 4.39 Å². The summed E-state index contributed by atoms with van der Waals surface area (Å²) in [5.41, 5.74) is -1.41. The molecule has 0 aliphatic carbocycles. The van der Waals surface area contributed by atoms with E-state index in [1.165, 1.54) is 4.57 Å². The maximum atomic E-state index is 15.2. The normalized spacial score (nSPS) is 15.6. The zero-order valence-corrected chi connectivity index (χ0v) is 13.7. The molecule has 0 amide bonds. The predicted octanol–water partition coefficient (Wildman–Crippen LogP) is 1.87. The van der Waals surface area contributed by atoms with Crippen LogP contribution in [0.3, 0.4) is 0 Å². The second-order valence-corrected chi connectivity index (χ2v) is 6.07. The minimum Gasteiger partial charge on any atom is -0.364 e. The number of benzene rings is 1. The third-order valence-electron chi connectivity index (χ3n) is 4.49. The van der Waals surface area contributed by atoms with Crippen LogP contribution in [-0.2, 0) is 6.54 Å². The fourth-order valence-corrected chi connectivity index (χ4v) is 3.14. The molecule has 8 heteroatoms. The molecule has 0 radical (unpaired) electrons. The molecular formula is C17H17F3N4O. The highest BCUT2D eigenvalue weighted by molar-refractivity contribution is 5.85. The van der Waals surface area contributed by atoms with Crippen LogP contribution < -0.4 is 10.3 Å². The Labute approximate surface area is 142 Å². The summed E-state index contributed by atoms with van der Waals surface area (Å²) in [7, 11) is 1.92. The van der Waals surface area contributed by atoms with Crippen molar-refractivity contribution in [3.8, 4) is 6.07 Å². The van der Waals surface area contributed by atoms with Gasteiger partial charge in [0.25, 0.3) is 0 Å². The van der Waals surface area contributed by atoms with E-state index in [-0.39, 0.29) is 28.7 Å². The van der Waals surface area contributed by atoms with Crippen molar-refractivity contribution >= 4 is 16.6 Å². The minimum absolute atomic E-state index is 0.169. The second-order valence-electron chi connectivity index (χ2n) is 6.07.